The Hall–Kier alpha value is -4.21. The molecular formula is C25H22F3N3O4. The third-order valence-electron chi connectivity index (χ3n) is 5.08. The minimum atomic E-state index is -4.71. The standard InChI is InChI=1S/C25H22F3N3O4/c1-2-5-16-11-20(31-24(34)35)21(12-19(16)25(26,27)28)30-23(33)13-22(32)17-7-3-6-15(10-17)18-8-4-9-29-14-18/h3-4,6-12,14,31H,2,5,13H2,1H3,(H,30,33)(H,34,35). The predicted octanol–water partition coefficient (Wildman–Crippen LogP) is 6.02. The number of pyridine rings is 1. The number of hydrogen-bond donors (Lipinski definition) is 3. The molecule has 3 aromatic rings. The maximum Gasteiger partial charge on any atom is 0.416 e. The number of rotatable bonds is 8. The maximum absolute atomic E-state index is 13.6. The Bertz CT molecular complexity index is 1240. The molecular weight excluding hydrogens is 463 g/mol. The number of carboxylic acid groups (broad SMARTS) is 1. The van der Waals surface area contributed by atoms with E-state index in [2.05, 4.69) is 10.3 Å². The van der Waals surface area contributed by atoms with Gasteiger partial charge in [0.2, 0.25) is 5.91 Å². The highest BCUT2D eigenvalue weighted by Crippen LogP contribution is 2.38. The summed E-state index contributed by atoms with van der Waals surface area (Å²) >= 11 is 0. The smallest absolute Gasteiger partial charge is 0.416 e. The van der Waals surface area contributed by atoms with Crippen molar-refractivity contribution in [2.24, 2.45) is 0 Å². The van der Waals surface area contributed by atoms with Gasteiger partial charge in [0, 0.05) is 23.5 Å². The third kappa shape index (κ3) is 6.66. The van der Waals surface area contributed by atoms with Gasteiger partial charge in [-0.05, 0) is 41.8 Å². The third-order valence-corrected chi connectivity index (χ3v) is 5.08. The second-order valence-electron chi connectivity index (χ2n) is 7.70. The molecule has 2 amide bonds. The summed E-state index contributed by atoms with van der Waals surface area (Å²) in [6.45, 7) is 1.69. The molecule has 35 heavy (non-hydrogen) atoms. The van der Waals surface area contributed by atoms with Crippen LogP contribution < -0.4 is 10.6 Å². The summed E-state index contributed by atoms with van der Waals surface area (Å²) in [4.78, 5) is 40.4. The zero-order valence-electron chi connectivity index (χ0n) is 18.6. The number of hydrogen-bond acceptors (Lipinski definition) is 4. The van der Waals surface area contributed by atoms with Crippen LogP contribution >= 0.6 is 0 Å². The van der Waals surface area contributed by atoms with Crippen molar-refractivity contribution >= 4 is 29.2 Å². The highest BCUT2D eigenvalue weighted by atomic mass is 19.4. The first-order valence-electron chi connectivity index (χ1n) is 10.7. The molecule has 0 aliphatic carbocycles. The zero-order chi connectivity index (χ0) is 25.6. The Morgan fingerprint density at radius 3 is 2.31 bits per heavy atom. The van der Waals surface area contributed by atoms with Crippen LogP contribution in [0.4, 0.5) is 29.3 Å². The normalized spacial score (nSPS) is 11.1. The predicted molar refractivity (Wildman–Crippen MR) is 124 cm³/mol. The topological polar surface area (TPSA) is 108 Å². The first kappa shape index (κ1) is 25.4. The summed E-state index contributed by atoms with van der Waals surface area (Å²) in [6.07, 6.45) is -3.19. The van der Waals surface area contributed by atoms with Gasteiger partial charge in [0.1, 0.15) is 0 Å². The number of alkyl halides is 3. The van der Waals surface area contributed by atoms with Gasteiger partial charge >= 0.3 is 12.3 Å². The number of ketones is 1. The number of aromatic nitrogens is 1. The number of aryl methyl sites for hydroxylation is 1. The molecule has 3 N–H and O–H groups in total. The number of amides is 2. The number of Topliss-reactive ketones (excluding diaryl/α,β-unsaturated/α-hetero) is 1. The molecule has 0 fully saturated rings. The van der Waals surface area contributed by atoms with Crippen LogP contribution in [0.15, 0.2) is 60.9 Å². The summed E-state index contributed by atoms with van der Waals surface area (Å²) < 4.78 is 40.8. The molecule has 0 unspecified atom stereocenters. The molecule has 2 aromatic carbocycles. The second kappa shape index (κ2) is 10.8. The Morgan fingerprint density at radius 2 is 1.69 bits per heavy atom. The lowest BCUT2D eigenvalue weighted by Gasteiger charge is -2.18. The summed E-state index contributed by atoms with van der Waals surface area (Å²) in [5, 5.41) is 13.3. The van der Waals surface area contributed by atoms with Gasteiger partial charge in [-0.1, -0.05) is 37.6 Å². The van der Waals surface area contributed by atoms with E-state index in [0.29, 0.717) is 18.1 Å². The summed E-state index contributed by atoms with van der Waals surface area (Å²) in [6, 6.07) is 11.8. The van der Waals surface area contributed by atoms with Crippen LogP contribution in [0.5, 0.6) is 0 Å². The van der Waals surface area contributed by atoms with Crippen molar-refractivity contribution in [1.82, 2.24) is 4.98 Å². The second-order valence-corrected chi connectivity index (χ2v) is 7.70. The fourth-order valence-corrected chi connectivity index (χ4v) is 3.55. The van der Waals surface area contributed by atoms with E-state index in [0.717, 1.165) is 11.6 Å². The molecule has 1 aromatic heterocycles. The number of halogens is 3. The van der Waals surface area contributed by atoms with Gasteiger partial charge in [-0.2, -0.15) is 13.2 Å². The average Bonchev–Trinajstić information content (AvgIpc) is 2.80. The lowest BCUT2D eigenvalue weighted by Crippen LogP contribution is -2.20. The van der Waals surface area contributed by atoms with E-state index in [1.807, 2.05) is 5.32 Å². The van der Waals surface area contributed by atoms with Gasteiger partial charge in [0.05, 0.1) is 23.4 Å². The van der Waals surface area contributed by atoms with Crippen LogP contribution in [0.25, 0.3) is 11.1 Å². The van der Waals surface area contributed by atoms with E-state index < -0.39 is 35.9 Å². The molecule has 0 aliphatic rings. The van der Waals surface area contributed by atoms with Crippen LogP contribution in [0.1, 0.15) is 41.3 Å². The molecule has 0 spiro atoms. The molecule has 182 valence electrons. The van der Waals surface area contributed by atoms with Crippen molar-refractivity contribution in [3.63, 3.8) is 0 Å². The van der Waals surface area contributed by atoms with E-state index in [-0.39, 0.29) is 28.9 Å². The number of carbonyl (C=O) groups excluding carboxylic acids is 2. The quantitative estimate of drug-likeness (QED) is 0.267. The lowest BCUT2D eigenvalue weighted by atomic mass is 9.99. The zero-order valence-corrected chi connectivity index (χ0v) is 18.6. The van der Waals surface area contributed by atoms with E-state index in [1.165, 1.54) is 6.07 Å². The van der Waals surface area contributed by atoms with Crippen molar-refractivity contribution in [3.8, 4) is 11.1 Å². The maximum atomic E-state index is 13.6. The Labute approximate surface area is 199 Å². The van der Waals surface area contributed by atoms with Gasteiger partial charge in [-0.25, -0.2) is 4.79 Å². The van der Waals surface area contributed by atoms with Gasteiger partial charge in [-0.15, -0.1) is 0 Å². The van der Waals surface area contributed by atoms with Crippen molar-refractivity contribution < 1.29 is 32.7 Å². The Kier molecular flexibility index (Phi) is 7.85. The van der Waals surface area contributed by atoms with Crippen LogP contribution in [-0.2, 0) is 17.4 Å². The van der Waals surface area contributed by atoms with Crippen LogP contribution in [-0.4, -0.2) is 27.9 Å². The van der Waals surface area contributed by atoms with Crippen molar-refractivity contribution in [1.29, 1.82) is 0 Å². The Morgan fingerprint density at radius 1 is 0.971 bits per heavy atom. The summed E-state index contributed by atoms with van der Waals surface area (Å²) in [7, 11) is 0. The number of nitrogens with one attached hydrogen (secondary N) is 2. The number of nitrogens with zero attached hydrogens (tertiary/aromatic N) is 1. The van der Waals surface area contributed by atoms with Crippen LogP contribution in [0.3, 0.4) is 0 Å². The largest absolute Gasteiger partial charge is 0.465 e. The van der Waals surface area contributed by atoms with Crippen LogP contribution in [0, 0.1) is 0 Å². The molecule has 1 heterocycles. The molecule has 7 nitrogen and oxygen atoms in total. The van der Waals surface area contributed by atoms with Gasteiger partial charge in [-0.3, -0.25) is 19.9 Å². The van der Waals surface area contributed by atoms with E-state index >= 15 is 0 Å². The SMILES string of the molecule is CCCc1cc(NC(=O)O)c(NC(=O)CC(=O)c2cccc(-c3cccnc3)c2)cc1C(F)(F)F. The Balaban J connectivity index is 1.85. The summed E-state index contributed by atoms with van der Waals surface area (Å²) in [5.41, 5.74) is 0.0158. The number of carbonyl (C=O) groups is 3. The van der Waals surface area contributed by atoms with E-state index in [9.17, 15) is 27.6 Å². The molecule has 0 aliphatic heterocycles. The lowest BCUT2D eigenvalue weighted by molar-refractivity contribution is -0.138. The fourth-order valence-electron chi connectivity index (χ4n) is 3.55. The first-order chi connectivity index (χ1) is 16.6. The van der Waals surface area contributed by atoms with Gasteiger partial charge < -0.3 is 10.4 Å². The van der Waals surface area contributed by atoms with Gasteiger partial charge in [0.15, 0.2) is 5.78 Å². The molecule has 0 atom stereocenters. The molecule has 0 saturated heterocycles. The minimum absolute atomic E-state index is 0.0587. The highest BCUT2D eigenvalue weighted by Gasteiger charge is 2.34. The molecule has 0 radical (unpaired) electrons. The van der Waals surface area contributed by atoms with E-state index in [1.54, 1.807) is 49.6 Å². The molecule has 10 heteroatoms. The van der Waals surface area contributed by atoms with Crippen LogP contribution in [0.2, 0.25) is 0 Å². The monoisotopic (exact) mass is 485 g/mol. The summed E-state index contributed by atoms with van der Waals surface area (Å²) in [5.74, 6) is -1.44. The van der Waals surface area contributed by atoms with Crippen molar-refractivity contribution in [2.75, 3.05) is 10.6 Å². The fraction of sp³-hybridized carbons (Fsp3) is 0.200. The molecule has 0 bridgehead atoms. The molecule has 3 rings (SSSR count). The average molecular weight is 485 g/mol. The van der Waals surface area contributed by atoms with Crippen molar-refractivity contribution in [2.45, 2.75) is 32.4 Å². The first-order valence-corrected chi connectivity index (χ1v) is 10.7. The highest BCUT2D eigenvalue weighted by molar-refractivity contribution is 6.12. The molecule has 0 saturated carbocycles. The number of benzene rings is 2. The van der Waals surface area contributed by atoms with E-state index in [4.69, 9.17) is 5.11 Å². The number of anilines is 2. The minimum Gasteiger partial charge on any atom is -0.465 e. The van der Waals surface area contributed by atoms with Gasteiger partial charge in [0.25, 0.3) is 0 Å². The van der Waals surface area contributed by atoms with Crippen molar-refractivity contribution in [3.05, 3.63) is 77.6 Å².